The zero-order valence-electron chi connectivity index (χ0n) is 6.50. The van der Waals surface area contributed by atoms with Gasteiger partial charge in [0.2, 0.25) is 10.8 Å². The summed E-state index contributed by atoms with van der Waals surface area (Å²) in [6, 6.07) is 3.25. The normalized spacial score (nSPS) is 11.4. The van der Waals surface area contributed by atoms with Crippen molar-refractivity contribution in [1.29, 1.82) is 0 Å². The predicted molar refractivity (Wildman–Crippen MR) is 66.0 cm³/mol. The van der Waals surface area contributed by atoms with E-state index in [4.69, 9.17) is 0 Å². The molecule has 0 aliphatic heterocycles. The van der Waals surface area contributed by atoms with E-state index in [0.29, 0.717) is 0 Å². The second-order valence-corrected chi connectivity index (χ2v) is 8.13. The summed E-state index contributed by atoms with van der Waals surface area (Å²) in [5.74, 6) is -0.846. The highest BCUT2D eigenvalue weighted by atomic mass is 127. The minimum atomic E-state index is -3.65. The van der Waals surface area contributed by atoms with E-state index >= 15 is 0 Å². The zero-order chi connectivity index (χ0) is 10.9. The van der Waals surface area contributed by atoms with E-state index in [9.17, 15) is 17.6 Å². The fourth-order valence-corrected chi connectivity index (χ4v) is 2.73. The number of hydrogen-bond donors (Lipinski definition) is 0. The lowest BCUT2D eigenvalue weighted by Crippen LogP contribution is -1.98. The van der Waals surface area contributed by atoms with Crippen molar-refractivity contribution in [2.24, 2.45) is 0 Å². The van der Waals surface area contributed by atoms with Crippen LogP contribution >= 0.6 is 43.8 Å². The molecule has 0 aliphatic rings. The quantitative estimate of drug-likeness (QED) is 0.525. The van der Waals surface area contributed by atoms with Crippen molar-refractivity contribution >= 4 is 54.6 Å². The van der Waals surface area contributed by atoms with Crippen LogP contribution in [0.3, 0.4) is 0 Å². The number of benzene rings is 1. The van der Waals surface area contributed by atoms with E-state index < -0.39 is 17.7 Å². The molecular weight excluding hydrogens is 437 g/mol. The molecule has 0 fully saturated rings. The first-order valence-electron chi connectivity index (χ1n) is 3.26. The average Bonchev–Trinajstić information content (AvgIpc) is 2.02. The van der Waals surface area contributed by atoms with Crippen LogP contribution in [0.25, 0.3) is 0 Å². The third-order valence-electron chi connectivity index (χ3n) is 1.42. The van der Waals surface area contributed by atoms with Gasteiger partial charge in [-0.1, -0.05) is 0 Å². The Labute approximate surface area is 106 Å². The van der Waals surface area contributed by atoms with E-state index in [1.165, 1.54) is 28.7 Å². The highest BCUT2D eigenvalue weighted by Gasteiger charge is 2.17. The molecule has 1 rings (SSSR count). The van der Waals surface area contributed by atoms with Gasteiger partial charge in [-0.25, -0.2) is 12.8 Å². The van der Waals surface area contributed by atoms with Gasteiger partial charge in [-0.2, -0.15) is 0 Å². The van der Waals surface area contributed by atoms with Crippen LogP contribution in [-0.4, -0.2) is 12.2 Å². The lowest BCUT2D eigenvalue weighted by atomic mass is 10.2. The summed E-state index contributed by atoms with van der Waals surface area (Å²) < 4.78 is 34.8. The average molecular weight is 440 g/mol. The second kappa shape index (κ2) is 4.39. The lowest BCUT2D eigenvalue weighted by molar-refractivity contribution is 0.110. The zero-order valence-corrected chi connectivity index (χ0v) is 11.6. The number of hydrogen-bond acceptors (Lipinski definition) is 3. The first-order chi connectivity index (χ1) is 6.32. The second-order valence-electron chi connectivity index (χ2n) is 2.36. The molecule has 1 aromatic carbocycles. The summed E-state index contributed by atoms with van der Waals surface area (Å²) in [6.07, 6.45) is 0. The van der Waals surface area contributed by atoms with Crippen molar-refractivity contribution in [3.63, 3.8) is 0 Å². The summed E-state index contributed by atoms with van der Waals surface area (Å²) in [7, 11) is -3.65. The van der Waals surface area contributed by atoms with Gasteiger partial charge in [-0.05, 0) is 18.2 Å². The van der Waals surface area contributed by atoms with Crippen molar-refractivity contribution in [1.82, 2.24) is 0 Å². The Bertz CT molecular complexity index is 484. The molecule has 0 spiro atoms. The van der Waals surface area contributed by atoms with Crippen molar-refractivity contribution < 1.29 is 17.6 Å². The molecule has 0 heterocycles. The summed E-state index contributed by atoms with van der Waals surface area (Å²) in [6.45, 7) is 0. The maximum Gasteiger partial charge on any atom is 0.234 e. The molecule has 0 bridgehead atoms. The minimum Gasteiger partial charge on any atom is -0.282 e. The van der Waals surface area contributed by atoms with E-state index in [2.05, 4.69) is 0 Å². The maximum atomic E-state index is 13.0. The van der Waals surface area contributed by atoms with Gasteiger partial charge >= 0.3 is 0 Å². The first kappa shape index (κ1) is 12.3. The van der Waals surface area contributed by atoms with Crippen molar-refractivity contribution in [3.8, 4) is 0 Å². The van der Waals surface area contributed by atoms with Gasteiger partial charge in [-0.15, -0.1) is 0 Å². The van der Waals surface area contributed by atoms with E-state index in [1.807, 2.05) is 0 Å². The van der Waals surface area contributed by atoms with Crippen LogP contribution in [0, 0.1) is 5.82 Å². The molecule has 0 unspecified atom stereocenters. The van der Waals surface area contributed by atoms with Crippen LogP contribution in [0.15, 0.2) is 23.1 Å². The van der Waals surface area contributed by atoms with Crippen LogP contribution < -0.4 is 0 Å². The Morgan fingerprint density at radius 1 is 1.36 bits per heavy atom. The Hall–Kier alpha value is 0.230. The van der Waals surface area contributed by atoms with Gasteiger partial charge in [0.1, 0.15) is 10.7 Å². The van der Waals surface area contributed by atoms with Gasteiger partial charge in [-0.3, -0.25) is 4.79 Å². The van der Waals surface area contributed by atoms with Gasteiger partial charge in [0.25, 0.3) is 0 Å². The standard InChI is InChI=1S/C7H3FI2O3S/c8-5-2-1-4(7(9)11)3-6(5)14(10,12)13/h1-3H. The molecule has 0 saturated carbocycles. The molecule has 3 nitrogen and oxygen atoms in total. The Morgan fingerprint density at radius 2 is 1.93 bits per heavy atom. The third-order valence-corrected chi connectivity index (χ3v) is 4.31. The lowest BCUT2D eigenvalue weighted by Gasteiger charge is -2.00. The molecule has 1 aromatic rings. The molecule has 7 heteroatoms. The minimum absolute atomic E-state index is 0.169. The SMILES string of the molecule is O=C(I)c1ccc(F)c(S(=O)(=O)I)c1. The predicted octanol–water partition coefficient (Wildman–Crippen LogP) is 2.52. The molecule has 76 valence electrons. The molecule has 0 amide bonds. The van der Waals surface area contributed by atoms with Gasteiger partial charge in [0, 0.05) is 28.2 Å². The van der Waals surface area contributed by atoms with Crippen LogP contribution in [0.4, 0.5) is 4.39 Å². The molecular formula is C7H3FI2O3S. The van der Waals surface area contributed by atoms with Gasteiger partial charge in [0.05, 0.1) is 21.2 Å². The first-order valence-corrected chi connectivity index (χ1v) is 8.37. The highest BCUT2D eigenvalue weighted by Crippen LogP contribution is 2.23. The summed E-state index contributed by atoms with van der Waals surface area (Å²) in [5.41, 5.74) is 0.169. The van der Waals surface area contributed by atoms with Gasteiger partial charge in [0.15, 0.2) is 0 Å². The summed E-state index contributed by atoms with van der Waals surface area (Å²) in [4.78, 5) is 10.4. The monoisotopic (exact) mass is 440 g/mol. The largest absolute Gasteiger partial charge is 0.282 e. The van der Waals surface area contributed by atoms with Crippen LogP contribution in [0.5, 0.6) is 0 Å². The fourth-order valence-electron chi connectivity index (χ4n) is 0.812. The van der Waals surface area contributed by atoms with Crippen molar-refractivity contribution in [2.45, 2.75) is 4.90 Å². The summed E-state index contributed by atoms with van der Waals surface area (Å²) >= 11 is 2.63. The number of halogens is 3. The van der Waals surface area contributed by atoms with Crippen LogP contribution in [0.1, 0.15) is 10.4 Å². The van der Waals surface area contributed by atoms with E-state index in [-0.39, 0.29) is 9.35 Å². The number of carbonyl (C=O) groups is 1. The highest BCUT2D eigenvalue weighted by molar-refractivity contribution is 14.2. The molecule has 0 saturated heterocycles. The molecule has 0 atom stereocenters. The third kappa shape index (κ3) is 2.86. The molecule has 0 N–H and O–H groups in total. The van der Waals surface area contributed by atoms with Crippen molar-refractivity contribution in [2.75, 3.05) is 0 Å². The number of rotatable bonds is 2. The Kier molecular flexibility index (Phi) is 3.86. The molecule has 0 aliphatic carbocycles. The molecule has 14 heavy (non-hydrogen) atoms. The topological polar surface area (TPSA) is 51.2 Å². The number of carbonyl (C=O) groups excluding carboxylic acids is 1. The van der Waals surface area contributed by atoms with Gasteiger partial charge < -0.3 is 0 Å². The van der Waals surface area contributed by atoms with Crippen molar-refractivity contribution in [3.05, 3.63) is 29.6 Å². The summed E-state index contributed by atoms with van der Waals surface area (Å²) in [5, 5.41) is 0. The molecule has 0 radical (unpaired) electrons. The van der Waals surface area contributed by atoms with E-state index in [1.54, 1.807) is 0 Å². The van der Waals surface area contributed by atoms with Crippen LogP contribution in [-0.2, 0) is 7.01 Å². The Balaban J connectivity index is 3.44. The van der Waals surface area contributed by atoms with Crippen LogP contribution in [0.2, 0.25) is 0 Å². The Morgan fingerprint density at radius 3 is 2.36 bits per heavy atom. The maximum absolute atomic E-state index is 13.0. The smallest absolute Gasteiger partial charge is 0.234 e. The molecule has 0 aromatic heterocycles. The van der Waals surface area contributed by atoms with E-state index in [0.717, 1.165) is 33.3 Å². The fraction of sp³-hybridized carbons (Fsp3) is 0.